The van der Waals surface area contributed by atoms with Crippen molar-refractivity contribution >= 4 is 28.0 Å². The van der Waals surface area contributed by atoms with Crippen LogP contribution in [0.15, 0.2) is 48.5 Å². The van der Waals surface area contributed by atoms with Gasteiger partial charge in [0.15, 0.2) is 0 Å². The molecular weight excluding hydrogens is 362 g/mol. The van der Waals surface area contributed by atoms with E-state index in [-0.39, 0.29) is 0 Å². The van der Waals surface area contributed by atoms with Crippen molar-refractivity contribution < 1.29 is 14.2 Å². The molecule has 1 saturated carbocycles. The third kappa shape index (κ3) is 3.66. The van der Waals surface area contributed by atoms with Gasteiger partial charge in [-0.3, -0.25) is 13.4 Å². The molecule has 1 aliphatic carbocycles. The quantitative estimate of drug-likeness (QED) is 0.572. The van der Waals surface area contributed by atoms with E-state index in [1.54, 1.807) is 8.61 Å². The van der Waals surface area contributed by atoms with Crippen LogP contribution >= 0.6 is 11.0 Å². The number of aliphatic hydroxyl groups excluding tert-OH is 1. The number of hydrogen-bond donors (Lipinski definition) is 4. The minimum absolute atomic E-state index is 0.370. The van der Waals surface area contributed by atoms with Gasteiger partial charge in [-0.05, 0) is 60.9 Å². The highest BCUT2D eigenvalue weighted by Gasteiger charge is 2.41. The largest absolute Gasteiger partial charge is 0.392 e. The number of nitrogens with zero attached hydrogens (tertiary/aromatic N) is 2. The Kier molecular flexibility index (Phi) is 5.05. The zero-order valence-electron chi connectivity index (χ0n) is 15.5. The molecule has 7 heteroatoms. The second-order valence-electron chi connectivity index (χ2n) is 7.29. The molecule has 0 radical (unpaired) electrons. The summed E-state index contributed by atoms with van der Waals surface area (Å²) >= 11 is 0. The molecule has 2 aromatic rings. The van der Waals surface area contributed by atoms with E-state index in [1.165, 1.54) is 12.8 Å². The normalized spacial score (nSPS) is 20.4. The van der Waals surface area contributed by atoms with Crippen LogP contribution in [-0.2, 0) is 0 Å². The fourth-order valence-corrected chi connectivity index (χ4v) is 5.32. The molecule has 2 aromatic carbocycles. The summed E-state index contributed by atoms with van der Waals surface area (Å²) in [6, 6.07) is 15.8. The number of nitrogens with one attached hydrogen (secondary N) is 1. The second kappa shape index (κ2) is 7.33. The van der Waals surface area contributed by atoms with Crippen molar-refractivity contribution in [1.29, 1.82) is 0 Å². The van der Waals surface area contributed by atoms with Crippen LogP contribution in [0.5, 0.6) is 0 Å². The minimum atomic E-state index is -3.24. The van der Waals surface area contributed by atoms with Crippen molar-refractivity contribution in [1.82, 2.24) is 5.32 Å². The van der Waals surface area contributed by atoms with Crippen LogP contribution in [-0.4, -0.2) is 39.4 Å². The summed E-state index contributed by atoms with van der Waals surface area (Å²) in [7, 11) is -3.24. The first-order valence-electron chi connectivity index (χ1n) is 9.41. The Balaban J connectivity index is 1.57. The maximum atomic E-state index is 11.1. The van der Waals surface area contributed by atoms with Crippen molar-refractivity contribution in [2.45, 2.75) is 38.3 Å². The Morgan fingerprint density at radius 1 is 1.04 bits per heavy atom. The number of aliphatic hydroxyl groups is 1. The second-order valence-corrected chi connectivity index (χ2v) is 9.07. The lowest BCUT2D eigenvalue weighted by Gasteiger charge is -2.44. The molecule has 146 valence electrons. The summed E-state index contributed by atoms with van der Waals surface area (Å²) in [5.74, 6) is 0. The van der Waals surface area contributed by atoms with Gasteiger partial charge in [0.05, 0.1) is 23.2 Å². The zero-order chi connectivity index (χ0) is 19.0. The van der Waals surface area contributed by atoms with E-state index in [0.29, 0.717) is 25.6 Å². The molecule has 1 fully saturated rings. The first kappa shape index (κ1) is 18.6. The van der Waals surface area contributed by atoms with Crippen molar-refractivity contribution in [3.63, 3.8) is 0 Å². The number of para-hydroxylation sites is 3. The Morgan fingerprint density at radius 2 is 1.67 bits per heavy atom. The maximum absolute atomic E-state index is 11.1. The Hall–Kier alpha value is -1.77. The SMILES string of the molecule is Cc1ccccc1N1c2ccccc2N(CC[C@H](O)CNC2CC2)S1(O)O. The number of fused-ring (bicyclic) bond motifs is 1. The molecule has 0 spiro atoms. The summed E-state index contributed by atoms with van der Waals surface area (Å²) < 4.78 is 25.6. The number of anilines is 3. The molecule has 1 aliphatic heterocycles. The standard InChI is InChI=1S/C20H27N3O3S/c1-15-6-2-3-7-18(15)23-20-9-5-4-8-19(20)22(27(23,25)26)13-12-17(24)14-21-16-10-11-16/h2-9,16-17,21,24-26H,10-14H2,1H3/t17-/m0/s1. The third-order valence-corrected chi connectivity index (χ3v) is 6.98. The lowest BCUT2D eigenvalue weighted by atomic mass is 10.2. The molecule has 1 atom stereocenters. The Morgan fingerprint density at radius 3 is 2.33 bits per heavy atom. The molecule has 0 amide bonds. The molecule has 0 aromatic heterocycles. The molecule has 27 heavy (non-hydrogen) atoms. The molecule has 2 aliphatic rings. The van der Waals surface area contributed by atoms with E-state index >= 15 is 0 Å². The predicted octanol–water partition coefficient (Wildman–Crippen LogP) is 4.04. The van der Waals surface area contributed by atoms with Crippen LogP contribution in [0.1, 0.15) is 24.8 Å². The summed E-state index contributed by atoms with van der Waals surface area (Å²) in [5.41, 5.74) is 3.31. The maximum Gasteiger partial charge on any atom is 0.0896 e. The van der Waals surface area contributed by atoms with E-state index in [0.717, 1.165) is 22.6 Å². The van der Waals surface area contributed by atoms with Crippen LogP contribution in [0.4, 0.5) is 17.1 Å². The van der Waals surface area contributed by atoms with Gasteiger partial charge in [-0.1, -0.05) is 30.3 Å². The first-order chi connectivity index (χ1) is 13.0. The topological polar surface area (TPSA) is 79.2 Å². The van der Waals surface area contributed by atoms with Crippen LogP contribution in [0.25, 0.3) is 0 Å². The van der Waals surface area contributed by atoms with Crippen LogP contribution in [0.2, 0.25) is 0 Å². The average molecular weight is 390 g/mol. The Labute approximate surface area is 162 Å². The molecule has 1 heterocycles. The van der Waals surface area contributed by atoms with Gasteiger partial charge in [0.2, 0.25) is 0 Å². The number of benzene rings is 2. The number of aryl methyl sites for hydroxylation is 1. The summed E-state index contributed by atoms with van der Waals surface area (Å²) in [6.07, 6.45) is 2.31. The molecule has 0 bridgehead atoms. The summed E-state index contributed by atoms with van der Waals surface area (Å²) in [4.78, 5) is 0. The number of hydrogen-bond acceptors (Lipinski definition) is 6. The lowest BCUT2D eigenvalue weighted by molar-refractivity contribution is 0.164. The van der Waals surface area contributed by atoms with Gasteiger partial charge in [0.25, 0.3) is 0 Å². The van der Waals surface area contributed by atoms with E-state index in [9.17, 15) is 14.2 Å². The highest BCUT2D eigenvalue weighted by atomic mass is 32.3. The fraction of sp³-hybridized carbons (Fsp3) is 0.400. The molecule has 0 saturated heterocycles. The van der Waals surface area contributed by atoms with Gasteiger partial charge in [-0.15, -0.1) is 0 Å². The van der Waals surface area contributed by atoms with E-state index in [4.69, 9.17) is 0 Å². The third-order valence-electron chi connectivity index (χ3n) is 5.13. The van der Waals surface area contributed by atoms with Crippen molar-refractivity contribution in [2.24, 2.45) is 0 Å². The molecule has 4 N–H and O–H groups in total. The molecule has 6 nitrogen and oxygen atoms in total. The van der Waals surface area contributed by atoms with Gasteiger partial charge in [0, 0.05) is 19.1 Å². The molecular formula is C20H27N3O3S. The Bertz CT molecular complexity index is 813. The lowest BCUT2D eigenvalue weighted by Crippen LogP contribution is -2.35. The van der Waals surface area contributed by atoms with Crippen LogP contribution < -0.4 is 13.9 Å². The average Bonchev–Trinajstić information content (AvgIpc) is 3.44. The zero-order valence-corrected chi connectivity index (χ0v) is 16.3. The molecule has 0 unspecified atom stereocenters. The number of rotatable bonds is 7. The highest BCUT2D eigenvalue weighted by Crippen LogP contribution is 2.64. The van der Waals surface area contributed by atoms with Crippen molar-refractivity contribution in [3.8, 4) is 0 Å². The minimum Gasteiger partial charge on any atom is -0.392 e. The van der Waals surface area contributed by atoms with Gasteiger partial charge in [-0.25, -0.2) is 4.31 Å². The highest BCUT2D eigenvalue weighted by molar-refractivity contribution is 8.27. The van der Waals surface area contributed by atoms with Crippen molar-refractivity contribution in [2.75, 3.05) is 21.7 Å². The van der Waals surface area contributed by atoms with Gasteiger partial charge in [0.1, 0.15) is 0 Å². The predicted molar refractivity (Wildman–Crippen MR) is 112 cm³/mol. The molecule has 4 rings (SSSR count). The van der Waals surface area contributed by atoms with E-state index < -0.39 is 17.1 Å². The van der Waals surface area contributed by atoms with E-state index in [2.05, 4.69) is 5.32 Å². The van der Waals surface area contributed by atoms with Gasteiger partial charge in [-0.2, -0.15) is 0 Å². The summed E-state index contributed by atoms with van der Waals surface area (Å²) in [6.45, 7) is 2.87. The van der Waals surface area contributed by atoms with Gasteiger partial charge >= 0.3 is 0 Å². The first-order valence-corrected chi connectivity index (χ1v) is 10.9. The van der Waals surface area contributed by atoms with Crippen LogP contribution in [0, 0.1) is 6.92 Å². The summed E-state index contributed by atoms with van der Waals surface area (Å²) in [5, 5.41) is 13.6. The van der Waals surface area contributed by atoms with E-state index in [1.807, 2.05) is 55.5 Å². The van der Waals surface area contributed by atoms with Gasteiger partial charge < -0.3 is 10.4 Å². The smallest absolute Gasteiger partial charge is 0.0896 e. The van der Waals surface area contributed by atoms with Crippen molar-refractivity contribution in [3.05, 3.63) is 54.1 Å². The fourth-order valence-electron chi connectivity index (χ4n) is 3.46. The van der Waals surface area contributed by atoms with Crippen LogP contribution in [0.3, 0.4) is 0 Å². The monoisotopic (exact) mass is 389 g/mol.